The number of unbranched alkanes of at least 4 members (excludes halogenated alkanes) is 13. The van der Waals surface area contributed by atoms with Crippen molar-refractivity contribution in [3.63, 3.8) is 0 Å². The Labute approximate surface area is 315 Å². The van der Waals surface area contributed by atoms with Crippen LogP contribution in [0.15, 0.2) is 12.7 Å². The Balaban J connectivity index is 0.00000833. The Bertz CT molecular complexity index is 1320. The fourth-order valence-corrected chi connectivity index (χ4v) is 7.65. The van der Waals surface area contributed by atoms with Gasteiger partial charge in [0.15, 0.2) is 17.7 Å². The van der Waals surface area contributed by atoms with Gasteiger partial charge in [0.05, 0.1) is 31.5 Å². The van der Waals surface area contributed by atoms with Crippen LogP contribution in [-0.2, 0) is 32.0 Å². The number of aliphatic hydroxyl groups excluding tert-OH is 2. The molecule has 276 valence electrons. The molecule has 16 nitrogen and oxygen atoms in total. The molecule has 0 aromatic carbocycles. The number of nitrogen functional groups attached to an aromatic ring is 1. The fraction of sp³-hybridized carbons (Fsp3) is 0.828. The molecule has 5 N–H and O–H groups in total. The van der Waals surface area contributed by atoms with Gasteiger partial charge in [-0.25, -0.2) is 23.8 Å². The molecule has 0 aliphatic carbocycles. The third kappa shape index (κ3) is 16.1. The van der Waals surface area contributed by atoms with Gasteiger partial charge in [-0.3, -0.25) is 13.7 Å². The number of hydrogen-bond acceptors (Lipinski definition) is 14. The Morgan fingerprint density at radius 3 is 2.14 bits per heavy atom. The van der Waals surface area contributed by atoms with Crippen LogP contribution in [0.3, 0.4) is 0 Å². The second kappa shape index (κ2) is 23.4. The molecule has 7 unspecified atom stereocenters. The van der Waals surface area contributed by atoms with Gasteiger partial charge < -0.3 is 39.7 Å². The smallest absolute Gasteiger partial charge is 0.756 e. The Morgan fingerprint density at radius 1 is 0.939 bits per heavy atom. The molecule has 1 aliphatic heterocycles. The van der Waals surface area contributed by atoms with Crippen LogP contribution in [0.5, 0.6) is 0 Å². The molecule has 1 aliphatic rings. The standard InChI is InChI=1S/C29H52ClN5O11P2.Na/c1-2-3-4-5-6-7-8-9-10-11-12-13-14-15-16-42-17-22(30)18-43-47(38,39)46-48(40,41)44-19-23-25(36)26(37)29(45-23)35-21-34-24-27(31)32-20-33-28(24)35;/h20-23,25-26,29,36-37H,2-19H2,1H3,(H,38,39)(H,40,41)(H2,31,32,33);/q;+1/p-1. The van der Waals surface area contributed by atoms with Crippen LogP contribution in [0.4, 0.5) is 5.82 Å². The van der Waals surface area contributed by atoms with Crippen LogP contribution in [0, 0.1) is 0 Å². The number of alkyl halides is 1. The van der Waals surface area contributed by atoms with Gasteiger partial charge >= 0.3 is 37.4 Å². The summed E-state index contributed by atoms with van der Waals surface area (Å²) in [7, 11) is -10.6. The average Bonchev–Trinajstić information content (AvgIpc) is 3.59. The summed E-state index contributed by atoms with van der Waals surface area (Å²) in [5.41, 5.74) is 6.21. The second-order valence-corrected chi connectivity index (χ2v) is 15.6. The normalized spacial score (nSPS) is 22.5. The number of phosphoric ester groups is 2. The Kier molecular flexibility index (Phi) is 21.5. The predicted molar refractivity (Wildman–Crippen MR) is 177 cm³/mol. The number of aliphatic hydroxyl groups is 2. The van der Waals surface area contributed by atoms with Crippen LogP contribution in [0.1, 0.15) is 103 Å². The number of anilines is 1. The maximum Gasteiger partial charge on any atom is 1.00 e. The molecule has 3 rings (SSSR count). The molecule has 0 spiro atoms. The summed E-state index contributed by atoms with van der Waals surface area (Å²) in [6.07, 6.45) is 14.2. The molecule has 7 atom stereocenters. The first-order valence-electron chi connectivity index (χ1n) is 16.7. The van der Waals surface area contributed by atoms with Crippen molar-refractivity contribution in [3.05, 3.63) is 12.7 Å². The van der Waals surface area contributed by atoms with Crippen LogP contribution in [0.25, 0.3) is 11.2 Å². The summed E-state index contributed by atoms with van der Waals surface area (Å²) >= 11 is 6.08. The van der Waals surface area contributed by atoms with Crippen LogP contribution in [0.2, 0.25) is 0 Å². The number of nitrogens with two attached hydrogens (primary N) is 1. The number of rotatable bonds is 26. The molecule has 49 heavy (non-hydrogen) atoms. The SMILES string of the molecule is CCCCCCCCCCCCCCCCOCC(Cl)COP(=O)([O-])OP(=O)(O)OCC1OC(n2cnc3c(N)ncnc32)C(O)C1O.[Na+]. The monoisotopic (exact) mass is 765 g/mol. The zero-order valence-corrected chi connectivity index (χ0v) is 33.1. The van der Waals surface area contributed by atoms with E-state index in [0.717, 1.165) is 19.3 Å². The molecule has 0 saturated carbocycles. The largest absolute Gasteiger partial charge is 1.00 e. The van der Waals surface area contributed by atoms with Crippen LogP contribution >= 0.6 is 27.2 Å². The van der Waals surface area contributed by atoms with E-state index in [2.05, 4.69) is 30.7 Å². The number of ether oxygens (including phenoxy) is 2. The number of hydrogen-bond donors (Lipinski definition) is 4. The van der Waals surface area contributed by atoms with E-state index in [-0.39, 0.29) is 53.1 Å². The summed E-state index contributed by atoms with van der Waals surface area (Å²) in [6, 6.07) is 0. The second-order valence-electron chi connectivity index (χ2n) is 12.0. The van der Waals surface area contributed by atoms with Crippen molar-refractivity contribution in [1.29, 1.82) is 0 Å². The summed E-state index contributed by atoms with van der Waals surface area (Å²) in [5.74, 6) is 0.0857. The molecule has 1 saturated heterocycles. The molecule has 0 bridgehead atoms. The van der Waals surface area contributed by atoms with E-state index in [1.807, 2.05) is 0 Å². The van der Waals surface area contributed by atoms with Crippen molar-refractivity contribution in [2.75, 3.05) is 32.2 Å². The van der Waals surface area contributed by atoms with Crippen molar-refractivity contribution in [3.8, 4) is 0 Å². The molecule has 0 radical (unpaired) electrons. The molecule has 3 heterocycles. The van der Waals surface area contributed by atoms with Crippen molar-refractivity contribution in [1.82, 2.24) is 19.5 Å². The van der Waals surface area contributed by atoms with Crippen molar-refractivity contribution >= 4 is 44.2 Å². The van der Waals surface area contributed by atoms with Gasteiger partial charge in [-0.15, -0.1) is 11.6 Å². The van der Waals surface area contributed by atoms with E-state index in [1.165, 1.54) is 87.9 Å². The maximum atomic E-state index is 12.3. The molecule has 20 heteroatoms. The topological polar surface area (TPSA) is 234 Å². The van der Waals surface area contributed by atoms with Crippen LogP contribution in [-0.4, -0.2) is 84.7 Å². The maximum absolute atomic E-state index is 12.3. The number of phosphoric acid groups is 2. The number of imidazole rings is 1. The Morgan fingerprint density at radius 2 is 1.53 bits per heavy atom. The van der Waals surface area contributed by atoms with E-state index in [0.29, 0.717) is 6.61 Å². The molecular weight excluding hydrogens is 715 g/mol. The van der Waals surface area contributed by atoms with Gasteiger partial charge in [-0.2, -0.15) is 0 Å². The van der Waals surface area contributed by atoms with Gasteiger partial charge in [0.1, 0.15) is 30.2 Å². The van der Waals surface area contributed by atoms with E-state index in [4.69, 9.17) is 31.3 Å². The molecule has 2 aromatic rings. The summed E-state index contributed by atoms with van der Waals surface area (Å²) < 4.78 is 50.5. The molecular formula is C29H51ClN5NaO11P2. The van der Waals surface area contributed by atoms with Gasteiger partial charge in [-0.05, 0) is 6.42 Å². The first kappa shape index (κ1) is 44.9. The minimum absolute atomic E-state index is 0. The zero-order chi connectivity index (χ0) is 35.0. The van der Waals surface area contributed by atoms with Crippen LogP contribution < -0.4 is 40.2 Å². The zero-order valence-electron chi connectivity index (χ0n) is 28.5. The van der Waals surface area contributed by atoms with E-state index >= 15 is 0 Å². The van der Waals surface area contributed by atoms with E-state index < -0.39 is 58.8 Å². The summed E-state index contributed by atoms with van der Waals surface area (Å²) in [5, 5.41) is 20.1. The van der Waals surface area contributed by atoms with Gasteiger partial charge in [0, 0.05) is 6.61 Å². The molecule has 2 aromatic heterocycles. The van der Waals surface area contributed by atoms with Gasteiger partial charge in [0.25, 0.3) is 7.82 Å². The summed E-state index contributed by atoms with van der Waals surface area (Å²) in [4.78, 5) is 34.1. The summed E-state index contributed by atoms with van der Waals surface area (Å²) in [6.45, 7) is 1.33. The van der Waals surface area contributed by atoms with E-state index in [9.17, 15) is 29.1 Å². The minimum atomic E-state index is -5.34. The Hall–Kier alpha value is -0.260. The third-order valence-electron chi connectivity index (χ3n) is 7.96. The molecule has 1 fully saturated rings. The quantitative estimate of drug-likeness (QED) is 0.0462. The predicted octanol–water partition coefficient (Wildman–Crippen LogP) is 1.76. The van der Waals surface area contributed by atoms with E-state index in [1.54, 1.807) is 0 Å². The molecule has 0 amide bonds. The van der Waals surface area contributed by atoms with Crippen molar-refractivity contribution in [2.24, 2.45) is 0 Å². The number of nitrogens with zero attached hydrogens (tertiary/aromatic N) is 4. The van der Waals surface area contributed by atoms with Gasteiger partial charge in [0.2, 0.25) is 0 Å². The van der Waals surface area contributed by atoms with Crippen molar-refractivity contribution < 1.29 is 81.5 Å². The number of halogens is 1. The minimum Gasteiger partial charge on any atom is -0.756 e. The third-order valence-corrected chi connectivity index (χ3v) is 10.8. The van der Waals surface area contributed by atoms with Crippen molar-refractivity contribution in [2.45, 2.75) is 127 Å². The number of aromatic nitrogens is 4. The fourth-order valence-electron chi connectivity index (χ4n) is 5.32. The number of fused-ring (bicyclic) bond motifs is 1. The first-order chi connectivity index (χ1) is 22.9. The average molecular weight is 766 g/mol. The van der Waals surface area contributed by atoms with Gasteiger partial charge in [-0.1, -0.05) is 90.4 Å². The first-order valence-corrected chi connectivity index (χ1v) is 20.1.